The van der Waals surface area contributed by atoms with Crippen LogP contribution in [-0.4, -0.2) is 27.8 Å². The number of carbonyl (C=O) groups is 2. The number of nitrogens with one attached hydrogen (secondary N) is 1. The van der Waals surface area contributed by atoms with Crippen LogP contribution in [-0.2, 0) is 9.59 Å². The number of rotatable bonds is 7. The second-order valence-electron chi connectivity index (χ2n) is 5.64. The number of carbonyl (C=O) groups excluding carboxylic acids is 1. The summed E-state index contributed by atoms with van der Waals surface area (Å²) in [4.78, 5) is 22.6. The number of hydrogen-bond donors (Lipinski definition) is 3. The molecule has 0 aromatic rings. The topological polar surface area (TPSA) is 90.2 Å². The number of nitriles is 1. The van der Waals surface area contributed by atoms with E-state index < -0.39 is 16.1 Å². The third-order valence-electron chi connectivity index (χ3n) is 2.80. The predicted molar refractivity (Wildman–Crippen MR) is 75.9 cm³/mol. The molecule has 6 heteroatoms. The number of nitrogens with zero attached hydrogens (tertiary/aromatic N) is 1. The van der Waals surface area contributed by atoms with Gasteiger partial charge in [0.1, 0.15) is 0 Å². The highest BCUT2D eigenvalue weighted by atomic mass is 32.1. The zero-order valence-corrected chi connectivity index (χ0v) is 12.8. The van der Waals surface area contributed by atoms with Gasteiger partial charge in [0.05, 0.1) is 16.2 Å². The van der Waals surface area contributed by atoms with Gasteiger partial charge >= 0.3 is 5.97 Å². The van der Waals surface area contributed by atoms with Crippen LogP contribution < -0.4 is 5.32 Å². The minimum Gasteiger partial charge on any atom is -0.481 e. The molecule has 2 unspecified atom stereocenters. The smallest absolute Gasteiger partial charge is 0.303 e. The molecule has 0 aromatic heterocycles. The molecule has 5 nitrogen and oxygen atoms in total. The molecule has 108 valence electrons. The summed E-state index contributed by atoms with van der Waals surface area (Å²) in [6.07, 6.45) is 0.301. The third-order valence-corrected chi connectivity index (χ3v) is 3.17. The maximum Gasteiger partial charge on any atom is 0.303 e. The Hall–Kier alpha value is -1.22. The van der Waals surface area contributed by atoms with Gasteiger partial charge in [-0.1, -0.05) is 0 Å². The SMILES string of the molecule is CC(C)NC(=O)C(C)(S)CC(C)(C#N)CCC(=O)O. The van der Waals surface area contributed by atoms with Gasteiger partial charge in [-0.15, -0.1) is 0 Å². The number of carboxylic acid groups (broad SMARTS) is 1. The lowest BCUT2D eigenvalue weighted by Crippen LogP contribution is -2.46. The highest BCUT2D eigenvalue weighted by Gasteiger charge is 2.38. The van der Waals surface area contributed by atoms with Crippen molar-refractivity contribution in [3.05, 3.63) is 0 Å². The minimum absolute atomic E-state index is 0.00802. The summed E-state index contributed by atoms with van der Waals surface area (Å²) in [6, 6.07) is 2.10. The normalized spacial score (nSPS) is 17.1. The Kier molecular flexibility index (Phi) is 6.37. The fraction of sp³-hybridized carbons (Fsp3) is 0.769. The Balaban J connectivity index is 4.80. The molecule has 0 aliphatic carbocycles. The van der Waals surface area contributed by atoms with Crippen LogP contribution in [0.1, 0.15) is 47.0 Å². The second-order valence-corrected chi connectivity index (χ2v) is 6.63. The van der Waals surface area contributed by atoms with Crippen molar-refractivity contribution in [3.63, 3.8) is 0 Å². The summed E-state index contributed by atoms with van der Waals surface area (Å²) in [7, 11) is 0. The molecule has 1 amide bonds. The molecule has 0 aromatic carbocycles. The number of hydrogen-bond acceptors (Lipinski definition) is 4. The van der Waals surface area contributed by atoms with Crippen molar-refractivity contribution in [3.8, 4) is 6.07 Å². The van der Waals surface area contributed by atoms with Gasteiger partial charge in [-0.25, -0.2) is 0 Å². The van der Waals surface area contributed by atoms with Crippen LogP contribution in [0.25, 0.3) is 0 Å². The summed E-state index contributed by atoms with van der Waals surface area (Å²) in [6.45, 7) is 6.99. The fourth-order valence-corrected chi connectivity index (χ4v) is 2.24. The van der Waals surface area contributed by atoms with E-state index in [0.717, 1.165) is 0 Å². The average Bonchev–Trinajstić information content (AvgIpc) is 2.25. The van der Waals surface area contributed by atoms with Crippen molar-refractivity contribution < 1.29 is 14.7 Å². The van der Waals surface area contributed by atoms with Gasteiger partial charge in [-0.3, -0.25) is 9.59 Å². The largest absolute Gasteiger partial charge is 0.481 e. The molecule has 0 spiro atoms. The first kappa shape index (κ1) is 17.8. The van der Waals surface area contributed by atoms with Crippen LogP contribution >= 0.6 is 12.6 Å². The molecule has 0 aliphatic rings. The van der Waals surface area contributed by atoms with Gasteiger partial charge in [0.15, 0.2) is 0 Å². The second kappa shape index (κ2) is 6.80. The van der Waals surface area contributed by atoms with Crippen molar-refractivity contribution >= 4 is 24.5 Å². The molecule has 2 N–H and O–H groups in total. The van der Waals surface area contributed by atoms with Crippen molar-refractivity contribution in [1.82, 2.24) is 5.32 Å². The first-order valence-electron chi connectivity index (χ1n) is 6.19. The highest BCUT2D eigenvalue weighted by molar-refractivity contribution is 7.82. The summed E-state index contributed by atoms with van der Waals surface area (Å²) >= 11 is 4.34. The van der Waals surface area contributed by atoms with E-state index >= 15 is 0 Å². The number of thiol groups is 1. The van der Waals surface area contributed by atoms with E-state index in [1.807, 2.05) is 13.8 Å². The van der Waals surface area contributed by atoms with E-state index in [-0.39, 0.29) is 31.2 Å². The van der Waals surface area contributed by atoms with E-state index in [1.54, 1.807) is 13.8 Å². The Morgan fingerprint density at radius 1 is 1.42 bits per heavy atom. The maximum atomic E-state index is 12.0. The lowest BCUT2D eigenvalue weighted by molar-refractivity contribution is -0.137. The van der Waals surface area contributed by atoms with Crippen LogP contribution in [0, 0.1) is 16.7 Å². The summed E-state index contributed by atoms with van der Waals surface area (Å²) in [5.41, 5.74) is -0.886. The number of amides is 1. The summed E-state index contributed by atoms with van der Waals surface area (Å²) in [5.74, 6) is -1.20. The maximum absolute atomic E-state index is 12.0. The monoisotopic (exact) mass is 286 g/mol. The number of carboxylic acids is 1. The average molecular weight is 286 g/mol. The van der Waals surface area contributed by atoms with Crippen LogP contribution in [0.4, 0.5) is 0 Å². The van der Waals surface area contributed by atoms with E-state index in [1.165, 1.54) is 0 Å². The Labute approximate surface area is 119 Å². The molecular formula is C13H22N2O3S. The van der Waals surface area contributed by atoms with Crippen LogP contribution in [0.2, 0.25) is 0 Å². The lowest BCUT2D eigenvalue weighted by Gasteiger charge is -2.31. The molecule has 0 radical (unpaired) electrons. The molecule has 0 saturated heterocycles. The highest BCUT2D eigenvalue weighted by Crippen LogP contribution is 2.36. The fourth-order valence-electron chi connectivity index (χ4n) is 1.82. The third kappa shape index (κ3) is 6.48. The van der Waals surface area contributed by atoms with Crippen molar-refractivity contribution in [1.29, 1.82) is 5.26 Å². The quantitative estimate of drug-likeness (QED) is 0.624. The van der Waals surface area contributed by atoms with E-state index in [9.17, 15) is 14.9 Å². The van der Waals surface area contributed by atoms with E-state index in [4.69, 9.17) is 5.11 Å². The van der Waals surface area contributed by atoms with Crippen LogP contribution in [0.15, 0.2) is 0 Å². The lowest BCUT2D eigenvalue weighted by atomic mass is 9.78. The first-order valence-corrected chi connectivity index (χ1v) is 6.63. The van der Waals surface area contributed by atoms with Gasteiger partial charge in [-0.05, 0) is 40.5 Å². The Bertz CT molecular complexity index is 388. The Morgan fingerprint density at radius 2 is 1.95 bits per heavy atom. The molecule has 0 rings (SSSR count). The summed E-state index contributed by atoms with van der Waals surface area (Å²) < 4.78 is -1.01. The standard InChI is InChI=1S/C13H22N2O3S/c1-9(2)15-11(18)13(4,19)7-12(3,8-14)6-5-10(16)17/h9,19H,5-7H2,1-4H3,(H,15,18)(H,16,17). The van der Waals surface area contributed by atoms with Crippen LogP contribution in [0.3, 0.4) is 0 Å². The molecular weight excluding hydrogens is 264 g/mol. The summed E-state index contributed by atoms with van der Waals surface area (Å²) in [5, 5.41) is 20.7. The van der Waals surface area contributed by atoms with Crippen molar-refractivity contribution in [2.24, 2.45) is 5.41 Å². The van der Waals surface area contributed by atoms with Gasteiger partial charge in [-0.2, -0.15) is 17.9 Å². The molecule has 19 heavy (non-hydrogen) atoms. The van der Waals surface area contributed by atoms with E-state index in [2.05, 4.69) is 24.0 Å². The van der Waals surface area contributed by atoms with Gasteiger partial charge in [0.25, 0.3) is 0 Å². The van der Waals surface area contributed by atoms with Crippen molar-refractivity contribution in [2.75, 3.05) is 0 Å². The Morgan fingerprint density at radius 3 is 2.32 bits per heavy atom. The molecule has 0 fully saturated rings. The van der Waals surface area contributed by atoms with Gasteiger partial charge < -0.3 is 10.4 Å². The first-order chi connectivity index (χ1) is 8.52. The van der Waals surface area contributed by atoms with Crippen LogP contribution in [0.5, 0.6) is 0 Å². The minimum atomic E-state index is -1.01. The van der Waals surface area contributed by atoms with E-state index in [0.29, 0.717) is 0 Å². The van der Waals surface area contributed by atoms with Crippen molar-refractivity contribution in [2.45, 2.75) is 57.7 Å². The molecule has 0 bridgehead atoms. The predicted octanol–water partition coefficient (Wildman–Crippen LogP) is 1.98. The number of aliphatic carboxylic acids is 1. The molecule has 0 heterocycles. The molecule has 0 aliphatic heterocycles. The zero-order valence-electron chi connectivity index (χ0n) is 11.9. The molecule has 0 saturated carbocycles. The zero-order chi connectivity index (χ0) is 15.3. The van der Waals surface area contributed by atoms with Gasteiger partial charge in [0, 0.05) is 12.5 Å². The molecule has 2 atom stereocenters. The van der Waals surface area contributed by atoms with Gasteiger partial charge in [0.2, 0.25) is 5.91 Å².